The van der Waals surface area contributed by atoms with Gasteiger partial charge in [0.15, 0.2) is 5.78 Å². The van der Waals surface area contributed by atoms with Crippen LogP contribution >= 0.6 is 15.9 Å². The van der Waals surface area contributed by atoms with Crippen molar-refractivity contribution in [3.63, 3.8) is 0 Å². The van der Waals surface area contributed by atoms with Gasteiger partial charge in [-0.1, -0.05) is 48.5 Å². The molecule has 2 aromatic carbocycles. The van der Waals surface area contributed by atoms with Gasteiger partial charge < -0.3 is 0 Å². The van der Waals surface area contributed by atoms with Crippen molar-refractivity contribution >= 4 is 26.2 Å². The van der Waals surface area contributed by atoms with Crippen LogP contribution in [0.4, 0.5) is 0 Å². The van der Waals surface area contributed by atoms with Gasteiger partial charge in [0, 0.05) is 27.9 Å². The third-order valence-electron chi connectivity index (χ3n) is 3.20. The van der Waals surface area contributed by atoms with Crippen LogP contribution in [0.1, 0.15) is 15.9 Å². The summed E-state index contributed by atoms with van der Waals surface area (Å²) in [6.45, 7) is 0. The first kappa shape index (κ1) is 14.5. The fraction of sp³-hybridized carbons (Fsp3) is 0. The maximum atomic E-state index is 12.2. The normalized spacial score (nSPS) is 11.4. The molecule has 108 valence electrons. The van der Waals surface area contributed by atoms with Crippen molar-refractivity contribution in [3.05, 3.63) is 90.3 Å². The van der Waals surface area contributed by atoms with Gasteiger partial charge in [-0.25, -0.2) is 4.68 Å². The highest BCUT2D eigenvalue weighted by Gasteiger charge is 2.07. The Morgan fingerprint density at radius 1 is 0.955 bits per heavy atom. The lowest BCUT2D eigenvalue weighted by Gasteiger charge is -1.99. The van der Waals surface area contributed by atoms with E-state index in [1.165, 1.54) is 0 Å². The molecule has 3 nitrogen and oxygen atoms in total. The smallest absolute Gasteiger partial charge is 0.186 e. The zero-order valence-corrected chi connectivity index (χ0v) is 13.3. The second-order valence-corrected chi connectivity index (χ2v) is 5.59. The Kier molecular flexibility index (Phi) is 4.30. The minimum absolute atomic E-state index is 0.0417. The Morgan fingerprint density at radius 2 is 1.59 bits per heavy atom. The molecular formula is C18H13BrN2O. The molecule has 4 heteroatoms. The van der Waals surface area contributed by atoms with E-state index in [9.17, 15) is 4.79 Å². The van der Waals surface area contributed by atoms with Crippen molar-refractivity contribution in [1.29, 1.82) is 0 Å². The van der Waals surface area contributed by atoms with Crippen LogP contribution in [0.15, 0.2) is 79.1 Å². The molecule has 0 aliphatic carbocycles. The SMILES string of the molecule is O=C(C=C(Br)c1cnn(-c2ccccc2)c1)c1ccccc1. The average molecular weight is 353 g/mol. The Labute approximate surface area is 137 Å². The second-order valence-electron chi connectivity index (χ2n) is 4.73. The van der Waals surface area contributed by atoms with Gasteiger partial charge in [0.1, 0.15) is 0 Å². The van der Waals surface area contributed by atoms with Crippen molar-refractivity contribution in [2.24, 2.45) is 0 Å². The summed E-state index contributed by atoms with van der Waals surface area (Å²) in [5, 5.41) is 4.32. The summed E-state index contributed by atoms with van der Waals surface area (Å²) in [5.41, 5.74) is 2.49. The summed E-state index contributed by atoms with van der Waals surface area (Å²) in [7, 11) is 0. The summed E-state index contributed by atoms with van der Waals surface area (Å²) in [6, 6.07) is 19.0. The van der Waals surface area contributed by atoms with E-state index in [4.69, 9.17) is 0 Å². The topological polar surface area (TPSA) is 34.9 Å². The van der Waals surface area contributed by atoms with E-state index in [0.717, 1.165) is 11.3 Å². The number of allylic oxidation sites excluding steroid dienone is 1. The number of benzene rings is 2. The highest BCUT2D eigenvalue weighted by Crippen LogP contribution is 2.22. The number of ketones is 1. The number of nitrogens with zero attached hydrogens (tertiary/aromatic N) is 2. The predicted molar refractivity (Wildman–Crippen MR) is 91.2 cm³/mol. The van der Waals surface area contributed by atoms with Gasteiger partial charge in [0.25, 0.3) is 0 Å². The summed E-state index contributed by atoms with van der Waals surface area (Å²) in [5.74, 6) is -0.0417. The molecule has 0 saturated heterocycles. The molecule has 3 rings (SSSR count). The number of halogens is 1. The summed E-state index contributed by atoms with van der Waals surface area (Å²) < 4.78 is 2.49. The van der Waals surface area contributed by atoms with Gasteiger partial charge in [0.2, 0.25) is 0 Å². The summed E-state index contributed by atoms with van der Waals surface area (Å²) in [4.78, 5) is 12.2. The first-order chi connectivity index (χ1) is 10.7. The van der Waals surface area contributed by atoms with Crippen molar-refractivity contribution in [2.45, 2.75) is 0 Å². The zero-order chi connectivity index (χ0) is 15.4. The second kappa shape index (κ2) is 6.54. The maximum absolute atomic E-state index is 12.2. The van der Waals surface area contributed by atoms with Crippen LogP contribution in [0, 0.1) is 0 Å². The fourth-order valence-corrected chi connectivity index (χ4v) is 2.46. The van der Waals surface area contributed by atoms with Crippen LogP contribution < -0.4 is 0 Å². The number of hydrogen-bond donors (Lipinski definition) is 0. The highest BCUT2D eigenvalue weighted by molar-refractivity contribution is 9.15. The van der Waals surface area contributed by atoms with E-state index in [1.807, 2.05) is 54.7 Å². The molecule has 0 amide bonds. The van der Waals surface area contributed by atoms with E-state index >= 15 is 0 Å². The molecule has 0 saturated carbocycles. The van der Waals surface area contributed by atoms with Gasteiger partial charge in [-0.15, -0.1) is 0 Å². The monoisotopic (exact) mass is 352 g/mol. The molecule has 1 heterocycles. The largest absolute Gasteiger partial charge is 0.289 e. The molecule has 0 aliphatic heterocycles. The van der Waals surface area contributed by atoms with Crippen molar-refractivity contribution in [3.8, 4) is 5.69 Å². The van der Waals surface area contributed by atoms with Crippen LogP contribution in [-0.4, -0.2) is 15.6 Å². The van der Waals surface area contributed by atoms with Crippen LogP contribution in [0.5, 0.6) is 0 Å². The van der Waals surface area contributed by atoms with E-state index in [1.54, 1.807) is 29.1 Å². The standard InChI is InChI=1S/C18H13BrN2O/c19-17(11-18(22)14-7-3-1-4-8-14)15-12-20-21(13-15)16-9-5-2-6-10-16/h1-13H. The van der Waals surface area contributed by atoms with E-state index < -0.39 is 0 Å². The minimum Gasteiger partial charge on any atom is -0.289 e. The molecule has 22 heavy (non-hydrogen) atoms. The molecule has 0 spiro atoms. The Balaban J connectivity index is 1.84. The molecule has 3 aromatic rings. The molecule has 0 aliphatic rings. The van der Waals surface area contributed by atoms with Crippen LogP contribution in [-0.2, 0) is 0 Å². The highest BCUT2D eigenvalue weighted by atomic mass is 79.9. The maximum Gasteiger partial charge on any atom is 0.186 e. The third kappa shape index (κ3) is 3.23. The number of carbonyl (C=O) groups excluding carboxylic acids is 1. The third-order valence-corrected chi connectivity index (χ3v) is 3.88. The first-order valence-corrected chi connectivity index (χ1v) is 7.60. The lowest BCUT2D eigenvalue weighted by atomic mass is 10.1. The van der Waals surface area contributed by atoms with Crippen LogP contribution in [0.25, 0.3) is 10.2 Å². The van der Waals surface area contributed by atoms with Crippen LogP contribution in [0.2, 0.25) is 0 Å². The number of aromatic nitrogens is 2. The Morgan fingerprint density at radius 3 is 2.27 bits per heavy atom. The van der Waals surface area contributed by atoms with Crippen molar-refractivity contribution in [1.82, 2.24) is 9.78 Å². The van der Waals surface area contributed by atoms with Crippen LogP contribution in [0.3, 0.4) is 0 Å². The fourth-order valence-electron chi connectivity index (χ4n) is 2.05. The van der Waals surface area contributed by atoms with E-state index in [2.05, 4.69) is 21.0 Å². The van der Waals surface area contributed by atoms with Crippen molar-refractivity contribution < 1.29 is 4.79 Å². The predicted octanol–water partition coefficient (Wildman–Crippen LogP) is 4.49. The number of para-hydroxylation sites is 1. The zero-order valence-electron chi connectivity index (χ0n) is 11.7. The van der Waals surface area contributed by atoms with E-state index in [-0.39, 0.29) is 5.78 Å². The molecule has 0 fully saturated rings. The summed E-state index contributed by atoms with van der Waals surface area (Å²) >= 11 is 3.46. The lowest BCUT2D eigenvalue weighted by Crippen LogP contribution is -1.94. The Bertz CT molecular complexity index is 807. The number of carbonyl (C=O) groups is 1. The number of hydrogen-bond acceptors (Lipinski definition) is 2. The first-order valence-electron chi connectivity index (χ1n) is 6.81. The molecular weight excluding hydrogens is 340 g/mol. The Hall–Kier alpha value is -2.46. The minimum atomic E-state index is -0.0417. The molecule has 0 radical (unpaired) electrons. The van der Waals surface area contributed by atoms with Gasteiger partial charge >= 0.3 is 0 Å². The van der Waals surface area contributed by atoms with Gasteiger partial charge in [-0.3, -0.25) is 4.79 Å². The molecule has 0 atom stereocenters. The molecule has 0 bridgehead atoms. The van der Waals surface area contributed by atoms with Crippen molar-refractivity contribution in [2.75, 3.05) is 0 Å². The van der Waals surface area contributed by atoms with Gasteiger partial charge in [-0.2, -0.15) is 5.10 Å². The summed E-state index contributed by atoms with van der Waals surface area (Å²) in [6.07, 6.45) is 5.18. The molecule has 1 aromatic heterocycles. The van der Waals surface area contributed by atoms with Gasteiger partial charge in [-0.05, 0) is 28.1 Å². The lowest BCUT2D eigenvalue weighted by molar-refractivity contribution is 0.104. The number of rotatable bonds is 4. The quantitative estimate of drug-likeness (QED) is 0.512. The molecule has 0 unspecified atom stereocenters. The molecule has 0 N–H and O–H groups in total. The van der Waals surface area contributed by atoms with E-state index in [0.29, 0.717) is 10.0 Å². The average Bonchev–Trinajstić information content (AvgIpc) is 3.06. The van der Waals surface area contributed by atoms with Gasteiger partial charge in [0.05, 0.1) is 11.9 Å².